The minimum atomic E-state index is -0.616. The third-order valence-corrected chi connectivity index (χ3v) is 3.91. The van der Waals surface area contributed by atoms with Gasteiger partial charge in [-0.2, -0.15) is 0 Å². The van der Waals surface area contributed by atoms with Crippen molar-refractivity contribution < 1.29 is 14.7 Å². The number of nitrogens with zero attached hydrogens (tertiary/aromatic N) is 3. The summed E-state index contributed by atoms with van der Waals surface area (Å²) < 4.78 is 0. The molecular weight excluding hydrogens is 284 g/mol. The third kappa shape index (κ3) is 3.15. The summed E-state index contributed by atoms with van der Waals surface area (Å²) in [6.07, 6.45) is 1.55. The minimum Gasteiger partial charge on any atom is -0.379 e. The highest BCUT2D eigenvalue weighted by Gasteiger charge is 2.43. The maximum atomic E-state index is 12.4. The molecule has 0 aromatic heterocycles. The molecule has 3 heterocycles. The molecule has 22 heavy (non-hydrogen) atoms. The molecule has 7 heteroatoms. The van der Waals surface area contributed by atoms with Crippen molar-refractivity contribution >= 4 is 11.6 Å². The molecule has 3 saturated heterocycles. The molecular formula is C15H22N4O3. The van der Waals surface area contributed by atoms with Crippen LogP contribution in [0.15, 0.2) is 23.2 Å². The summed E-state index contributed by atoms with van der Waals surface area (Å²) in [5.74, 6) is 0.0485. The summed E-state index contributed by atoms with van der Waals surface area (Å²) in [7, 11) is 0. The Morgan fingerprint density at radius 2 is 1.50 bits per heavy atom. The van der Waals surface area contributed by atoms with E-state index in [2.05, 4.69) is 0 Å². The molecule has 0 saturated carbocycles. The predicted octanol–water partition coefficient (Wildman–Crippen LogP) is -1.15. The molecule has 7 nitrogen and oxygen atoms in total. The first-order valence-corrected chi connectivity index (χ1v) is 7.76. The van der Waals surface area contributed by atoms with Gasteiger partial charge in [-0.15, -0.1) is 0 Å². The van der Waals surface area contributed by atoms with Gasteiger partial charge in [0.25, 0.3) is 0 Å². The first-order chi connectivity index (χ1) is 10.5. The van der Waals surface area contributed by atoms with Gasteiger partial charge in [0.15, 0.2) is 0 Å². The monoisotopic (exact) mass is 306 g/mol. The fourth-order valence-electron chi connectivity index (χ4n) is 2.28. The van der Waals surface area contributed by atoms with Gasteiger partial charge in [-0.25, -0.2) is 0 Å². The molecule has 3 N–H and O–H groups in total. The fraction of sp³-hybridized carbons (Fsp3) is 0.600. The molecule has 4 rings (SSSR count). The van der Waals surface area contributed by atoms with Crippen molar-refractivity contribution in [3.05, 3.63) is 23.2 Å². The van der Waals surface area contributed by atoms with Crippen LogP contribution in [0, 0.1) is 0 Å². The Labute approximate surface area is 129 Å². The summed E-state index contributed by atoms with van der Waals surface area (Å²) in [5.41, 5.74) is 6.73. The van der Waals surface area contributed by atoms with Crippen molar-refractivity contribution in [2.75, 3.05) is 39.3 Å². The normalized spacial score (nSPS) is 24.0. The van der Waals surface area contributed by atoms with Gasteiger partial charge in [0.05, 0.1) is 5.70 Å². The van der Waals surface area contributed by atoms with Crippen LogP contribution in [0.4, 0.5) is 0 Å². The lowest BCUT2D eigenvalue weighted by atomic mass is 10.0. The van der Waals surface area contributed by atoms with Gasteiger partial charge in [-0.1, -0.05) is 6.92 Å². The van der Waals surface area contributed by atoms with E-state index >= 15 is 0 Å². The van der Waals surface area contributed by atoms with E-state index in [4.69, 9.17) is 10.8 Å². The zero-order valence-corrected chi connectivity index (χ0v) is 12.8. The summed E-state index contributed by atoms with van der Waals surface area (Å²) in [4.78, 5) is 30.5. The highest BCUT2D eigenvalue weighted by Crippen LogP contribution is 2.33. The van der Waals surface area contributed by atoms with Crippen molar-refractivity contribution in [2.45, 2.75) is 19.6 Å². The number of carbonyl (C=O) groups is 2. The van der Waals surface area contributed by atoms with E-state index in [9.17, 15) is 9.59 Å². The second kappa shape index (κ2) is 5.73. The Morgan fingerprint density at radius 3 is 1.91 bits per heavy atom. The summed E-state index contributed by atoms with van der Waals surface area (Å²) in [6, 6.07) is 0. The average molecular weight is 306 g/mol. The lowest BCUT2D eigenvalue weighted by molar-refractivity contribution is -0.117. The summed E-state index contributed by atoms with van der Waals surface area (Å²) in [6.45, 7) is 7.23. The number of aliphatic hydroxyl groups excluding tert-OH is 1. The van der Waals surface area contributed by atoms with Crippen LogP contribution < -0.4 is 5.73 Å². The number of aliphatic hydroxyl groups is 1. The maximum Gasteiger partial charge on any atom is 0.227 e. The molecule has 4 aliphatic rings. The standard InChI is InChI=1S/C12H13N3O2.C3H9NO/c16-9-7-8(13-1-2-13)12(17)11(15-5-6-15)10(9)14-3-4-14;1-2-3(4)5/h7H,1-6H2;3,5H,2,4H2,1H3. The molecule has 1 aliphatic carbocycles. The second-order valence-electron chi connectivity index (χ2n) is 5.86. The Bertz CT molecular complexity index is 555. The number of rotatable bonds is 4. The lowest BCUT2D eigenvalue weighted by Crippen LogP contribution is -2.29. The first kappa shape index (κ1) is 15.1. The molecule has 1 atom stereocenters. The van der Waals surface area contributed by atoms with Gasteiger partial charge < -0.3 is 25.5 Å². The Hall–Kier alpha value is -1.86. The number of Topliss-reactive ketones (excluding diaryl/α,β-unsaturated/α-hetero) is 1. The molecule has 1 unspecified atom stereocenters. The van der Waals surface area contributed by atoms with Crippen molar-refractivity contribution in [3.8, 4) is 0 Å². The van der Waals surface area contributed by atoms with Crippen LogP contribution in [0.25, 0.3) is 0 Å². The van der Waals surface area contributed by atoms with Crippen molar-refractivity contribution in [1.29, 1.82) is 0 Å². The van der Waals surface area contributed by atoms with E-state index in [0.29, 0.717) is 23.5 Å². The highest BCUT2D eigenvalue weighted by atomic mass is 16.3. The quantitative estimate of drug-likeness (QED) is 0.385. The highest BCUT2D eigenvalue weighted by molar-refractivity contribution is 6.22. The summed E-state index contributed by atoms with van der Waals surface area (Å²) >= 11 is 0. The van der Waals surface area contributed by atoms with Gasteiger partial charge in [0, 0.05) is 45.3 Å². The first-order valence-electron chi connectivity index (χ1n) is 7.76. The van der Waals surface area contributed by atoms with Crippen LogP contribution in [-0.2, 0) is 9.59 Å². The Balaban J connectivity index is 0.000000254. The smallest absolute Gasteiger partial charge is 0.227 e. The van der Waals surface area contributed by atoms with Crippen molar-refractivity contribution in [3.63, 3.8) is 0 Å². The van der Waals surface area contributed by atoms with E-state index in [-0.39, 0.29) is 11.6 Å². The van der Waals surface area contributed by atoms with Crippen molar-refractivity contribution in [2.24, 2.45) is 5.73 Å². The molecule has 0 aromatic rings. The van der Waals surface area contributed by atoms with Gasteiger partial charge in [0.1, 0.15) is 17.6 Å². The maximum absolute atomic E-state index is 12.4. The zero-order chi connectivity index (χ0) is 15.9. The molecule has 0 radical (unpaired) electrons. The fourth-order valence-corrected chi connectivity index (χ4v) is 2.28. The van der Waals surface area contributed by atoms with Gasteiger partial charge in [-0.3, -0.25) is 9.59 Å². The summed E-state index contributed by atoms with van der Waals surface area (Å²) in [5, 5.41) is 8.14. The van der Waals surface area contributed by atoms with Gasteiger partial charge in [-0.05, 0) is 6.42 Å². The number of carbonyl (C=O) groups excluding carboxylic acids is 2. The average Bonchev–Trinajstić information content (AvgIpc) is 3.34. The van der Waals surface area contributed by atoms with E-state index in [1.807, 2.05) is 21.6 Å². The number of ketones is 2. The van der Waals surface area contributed by atoms with Crippen LogP contribution in [0.5, 0.6) is 0 Å². The number of hydrogen-bond donors (Lipinski definition) is 2. The van der Waals surface area contributed by atoms with E-state index in [0.717, 1.165) is 39.3 Å². The lowest BCUT2D eigenvalue weighted by Gasteiger charge is -2.21. The van der Waals surface area contributed by atoms with Crippen LogP contribution in [0.2, 0.25) is 0 Å². The number of hydrogen-bond acceptors (Lipinski definition) is 7. The minimum absolute atomic E-state index is 0.00546. The van der Waals surface area contributed by atoms with E-state index in [1.165, 1.54) is 6.08 Å². The Kier molecular flexibility index (Phi) is 3.92. The van der Waals surface area contributed by atoms with Crippen LogP contribution in [-0.4, -0.2) is 76.9 Å². The SMILES string of the molecule is CCC(N)O.O=C1C=C(N2CC2)C(=O)C(N2CC2)=C1N1CC1. The molecule has 0 amide bonds. The van der Waals surface area contributed by atoms with Crippen LogP contribution in [0.1, 0.15) is 13.3 Å². The molecule has 0 bridgehead atoms. The van der Waals surface area contributed by atoms with Crippen molar-refractivity contribution in [1.82, 2.24) is 14.7 Å². The van der Waals surface area contributed by atoms with Gasteiger partial charge in [0.2, 0.25) is 11.6 Å². The molecule has 120 valence electrons. The number of allylic oxidation sites excluding steroid dienone is 1. The largest absolute Gasteiger partial charge is 0.379 e. The molecule has 3 aliphatic heterocycles. The van der Waals surface area contributed by atoms with E-state index < -0.39 is 6.23 Å². The number of nitrogens with two attached hydrogens (primary N) is 1. The zero-order valence-electron chi connectivity index (χ0n) is 12.8. The topological polar surface area (TPSA) is 89.4 Å². The third-order valence-electron chi connectivity index (χ3n) is 3.91. The van der Waals surface area contributed by atoms with Crippen LogP contribution in [0.3, 0.4) is 0 Å². The second-order valence-corrected chi connectivity index (χ2v) is 5.86. The van der Waals surface area contributed by atoms with Gasteiger partial charge >= 0.3 is 0 Å². The van der Waals surface area contributed by atoms with Crippen LogP contribution >= 0.6 is 0 Å². The molecule has 0 spiro atoms. The predicted molar refractivity (Wildman–Crippen MR) is 80.3 cm³/mol. The molecule has 0 aromatic carbocycles. The van der Waals surface area contributed by atoms with E-state index in [1.54, 1.807) is 0 Å². The Morgan fingerprint density at radius 1 is 1.05 bits per heavy atom. The molecule has 3 fully saturated rings.